The maximum atomic E-state index is 13.1. The number of nitrogens with zero attached hydrogens (tertiary/aromatic N) is 1. The molecule has 28 heavy (non-hydrogen) atoms. The molecule has 2 aromatic carbocycles. The van der Waals surface area contributed by atoms with E-state index in [0.717, 1.165) is 16.1 Å². The SMILES string of the molecule is CC[C@H](C(=O)Nc1ccccc1C(C)C)N(c1ccc(Cl)c(Cl)c1)S(C)(=O)=O. The smallest absolute Gasteiger partial charge is 0.248 e. The van der Waals surface area contributed by atoms with Crippen molar-refractivity contribution < 1.29 is 13.2 Å². The van der Waals surface area contributed by atoms with Gasteiger partial charge in [-0.15, -0.1) is 0 Å². The molecule has 0 aliphatic rings. The molecule has 0 saturated carbocycles. The van der Waals surface area contributed by atoms with Crippen LogP contribution in [-0.2, 0) is 14.8 Å². The Balaban J connectivity index is 2.44. The summed E-state index contributed by atoms with van der Waals surface area (Å²) in [6.07, 6.45) is 1.34. The molecule has 0 fully saturated rings. The first-order valence-corrected chi connectivity index (χ1v) is 11.5. The minimum Gasteiger partial charge on any atom is -0.324 e. The van der Waals surface area contributed by atoms with Gasteiger partial charge in [-0.2, -0.15) is 0 Å². The number of carbonyl (C=O) groups is 1. The van der Waals surface area contributed by atoms with Gasteiger partial charge in [-0.1, -0.05) is 62.2 Å². The fourth-order valence-electron chi connectivity index (χ4n) is 3.01. The Morgan fingerprint density at radius 2 is 1.75 bits per heavy atom. The van der Waals surface area contributed by atoms with Crippen LogP contribution in [0.2, 0.25) is 10.0 Å². The molecule has 8 heteroatoms. The fourth-order valence-corrected chi connectivity index (χ4v) is 4.51. The summed E-state index contributed by atoms with van der Waals surface area (Å²) in [7, 11) is -3.75. The highest BCUT2D eigenvalue weighted by molar-refractivity contribution is 7.92. The number of para-hydroxylation sites is 1. The number of rotatable bonds is 7. The van der Waals surface area contributed by atoms with Crippen LogP contribution in [0.1, 0.15) is 38.7 Å². The van der Waals surface area contributed by atoms with Crippen LogP contribution in [0.4, 0.5) is 11.4 Å². The lowest BCUT2D eigenvalue weighted by Crippen LogP contribution is -2.47. The highest BCUT2D eigenvalue weighted by Crippen LogP contribution is 2.31. The normalized spacial score (nSPS) is 12.7. The predicted molar refractivity (Wildman–Crippen MR) is 117 cm³/mol. The quantitative estimate of drug-likeness (QED) is 0.632. The van der Waals surface area contributed by atoms with Crippen molar-refractivity contribution in [3.05, 3.63) is 58.1 Å². The molecule has 1 amide bonds. The molecule has 1 N–H and O–H groups in total. The van der Waals surface area contributed by atoms with Gasteiger partial charge in [-0.3, -0.25) is 9.10 Å². The minimum absolute atomic E-state index is 0.206. The zero-order chi connectivity index (χ0) is 21.1. The van der Waals surface area contributed by atoms with E-state index in [-0.39, 0.29) is 23.0 Å². The second-order valence-corrected chi connectivity index (χ2v) is 9.49. The third kappa shape index (κ3) is 5.19. The van der Waals surface area contributed by atoms with Gasteiger partial charge in [0.2, 0.25) is 15.9 Å². The monoisotopic (exact) mass is 442 g/mol. The van der Waals surface area contributed by atoms with Gasteiger partial charge in [-0.05, 0) is 42.2 Å². The second-order valence-electron chi connectivity index (χ2n) is 6.81. The van der Waals surface area contributed by atoms with Crippen LogP contribution >= 0.6 is 23.2 Å². The lowest BCUT2D eigenvalue weighted by atomic mass is 10.0. The van der Waals surface area contributed by atoms with E-state index < -0.39 is 22.0 Å². The zero-order valence-corrected chi connectivity index (χ0v) is 18.6. The van der Waals surface area contributed by atoms with Gasteiger partial charge in [0.15, 0.2) is 0 Å². The molecule has 2 aromatic rings. The summed E-state index contributed by atoms with van der Waals surface area (Å²) in [6.45, 7) is 5.82. The van der Waals surface area contributed by atoms with E-state index in [1.54, 1.807) is 6.92 Å². The lowest BCUT2D eigenvalue weighted by molar-refractivity contribution is -0.117. The van der Waals surface area contributed by atoms with Crippen molar-refractivity contribution in [2.45, 2.75) is 39.2 Å². The van der Waals surface area contributed by atoms with Crippen molar-refractivity contribution in [1.29, 1.82) is 0 Å². The molecular formula is C20H24Cl2N2O3S. The van der Waals surface area contributed by atoms with Crippen LogP contribution < -0.4 is 9.62 Å². The van der Waals surface area contributed by atoms with E-state index >= 15 is 0 Å². The van der Waals surface area contributed by atoms with Gasteiger partial charge >= 0.3 is 0 Å². The number of hydrogen-bond acceptors (Lipinski definition) is 3. The van der Waals surface area contributed by atoms with Gasteiger partial charge in [0.1, 0.15) is 6.04 Å². The van der Waals surface area contributed by atoms with Crippen LogP contribution in [0.15, 0.2) is 42.5 Å². The number of halogens is 2. The molecule has 0 spiro atoms. The molecule has 5 nitrogen and oxygen atoms in total. The molecule has 1 atom stereocenters. The van der Waals surface area contributed by atoms with E-state index in [4.69, 9.17) is 23.2 Å². The Morgan fingerprint density at radius 1 is 1.11 bits per heavy atom. The molecule has 2 rings (SSSR count). The van der Waals surface area contributed by atoms with Gasteiger partial charge in [0.05, 0.1) is 22.0 Å². The van der Waals surface area contributed by atoms with E-state index in [1.807, 2.05) is 38.1 Å². The van der Waals surface area contributed by atoms with E-state index in [2.05, 4.69) is 5.32 Å². The third-order valence-electron chi connectivity index (χ3n) is 4.33. The number of hydrogen-bond donors (Lipinski definition) is 1. The molecular weight excluding hydrogens is 419 g/mol. The van der Waals surface area contributed by atoms with Gasteiger partial charge in [0, 0.05) is 5.69 Å². The fraction of sp³-hybridized carbons (Fsp3) is 0.350. The minimum atomic E-state index is -3.75. The molecule has 0 aliphatic heterocycles. The molecule has 0 aromatic heterocycles. The first-order valence-electron chi connectivity index (χ1n) is 8.90. The summed E-state index contributed by atoms with van der Waals surface area (Å²) in [6, 6.07) is 11.0. The van der Waals surface area contributed by atoms with Crippen molar-refractivity contribution in [3.63, 3.8) is 0 Å². The van der Waals surface area contributed by atoms with Crippen molar-refractivity contribution in [3.8, 4) is 0 Å². The summed E-state index contributed by atoms with van der Waals surface area (Å²) in [4.78, 5) is 13.1. The molecule has 0 radical (unpaired) electrons. The van der Waals surface area contributed by atoms with Crippen molar-refractivity contribution >= 4 is 50.5 Å². The number of benzene rings is 2. The van der Waals surface area contributed by atoms with Crippen molar-refractivity contribution in [2.24, 2.45) is 0 Å². The Labute approximate surface area is 176 Å². The van der Waals surface area contributed by atoms with Crippen molar-refractivity contribution in [1.82, 2.24) is 0 Å². The number of nitrogens with one attached hydrogen (secondary N) is 1. The van der Waals surface area contributed by atoms with E-state index in [0.29, 0.717) is 10.7 Å². The Kier molecular flexibility index (Phi) is 7.37. The van der Waals surface area contributed by atoms with Gasteiger partial charge in [0.25, 0.3) is 0 Å². The van der Waals surface area contributed by atoms with Gasteiger partial charge < -0.3 is 5.32 Å². The zero-order valence-electron chi connectivity index (χ0n) is 16.2. The first kappa shape index (κ1) is 22.5. The third-order valence-corrected chi connectivity index (χ3v) is 6.25. The highest BCUT2D eigenvalue weighted by Gasteiger charge is 2.32. The Hall–Kier alpha value is -1.76. The Bertz CT molecular complexity index is 962. The lowest BCUT2D eigenvalue weighted by Gasteiger charge is -2.30. The Morgan fingerprint density at radius 3 is 2.29 bits per heavy atom. The maximum absolute atomic E-state index is 13.1. The number of sulfonamides is 1. The average molecular weight is 443 g/mol. The van der Waals surface area contributed by atoms with Crippen molar-refractivity contribution in [2.75, 3.05) is 15.9 Å². The van der Waals surface area contributed by atoms with Crippen LogP contribution in [0.3, 0.4) is 0 Å². The summed E-state index contributed by atoms with van der Waals surface area (Å²) in [5.41, 5.74) is 1.94. The van der Waals surface area contributed by atoms with Crippen LogP contribution in [0, 0.1) is 0 Å². The summed E-state index contributed by atoms with van der Waals surface area (Å²) in [5, 5.41) is 3.41. The van der Waals surface area contributed by atoms with E-state index in [9.17, 15) is 13.2 Å². The predicted octanol–water partition coefficient (Wildman–Crippen LogP) is 5.30. The standard InChI is InChI=1S/C20H24Cl2N2O3S/c1-5-19(20(25)23-18-9-7-6-8-15(18)13(2)3)24(28(4,26)27)14-10-11-16(21)17(22)12-14/h6-13,19H,5H2,1-4H3,(H,23,25)/t19-/m1/s1. The number of amides is 1. The summed E-state index contributed by atoms with van der Waals surface area (Å²) in [5.74, 6) is -0.204. The molecule has 0 heterocycles. The molecule has 0 saturated heterocycles. The molecule has 0 bridgehead atoms. The van der Waals surface area contributed by atoms with Crippen LogP contribution in [-0.4, -0.2) is 26.6 Å². The topological polar surface area (TPSA) is 66.5 Å². The number of anilines is 2. The maximum Gasteiger partial charge on any atom is 0.248 e. The largest absolute Gasteiger partial charge is 0.324 e. The van der Waals surface area contributed by atoms with Crippen LogP contribution in [0.5, 0.6) is 0 Å². The van der Waals surface area contributed by atoms with E-state index in [1.165, 1.54) is 18.2 Å². The number of carbonyl (C=O) groups excluding carboxylic acids is 1. The summed E-state index contributed by atoms with van der Waals surface area (Å²) < 4.78 is 26.1. The first-order chi connectivity index (χ1) is 13.1. The molecule has 0 aliphatic carbocycles. The second kappa shape index (κ2) is 9.16. The highest BCUT2D eigenvalue weighted by atomic mass is 35.5. The average Bonchev–Trinajstić information content (AvgIpc) is 2.61. The molecule has 152 valence electrons. The van der Waals surface area contributed by atoms with Gasteiger partial charge in [-0.25, -0.2) is 8.42 Å². The molecule has 0 unspecified atom stereocenters. The van der Waals surface area contributed by atoms with Crippen LogP contribution in [0.25, 0.3) is 0 Å². The summed E-state index contributed by atoms with van der Waals surface area (Å²) >= 11 is 12.0.